The molecule has 3 saturated heterocycles. The summed E-state index contributed by atoms with van der Waals surface area (Å²) in [6.07, 6.45) is 2.91. The van der Waals surface area contributed by atoms with Crippen molar-refractivity contribution in [2.24, 2.45) is 0 Å². The Morgan fingerprint density at radius 2 is 1.63 bits per heavy atom. The van der Waals surface area contributed by atoms with E-state index < -0.39 is 5.82 Å². The number of aromatic hydroxyl groups is 1. The van der Waals surface area contributed by atoms with Crippen LogP contribution in [0.3, 0.4) is 0 Å². The molecule has 0 saturated carbocycles. The van der Waals surface area contributed by atoms with Gasteiger partial charge in [0, 0.05) is 67.8 Å². The molecule has 0 radical (unpaired) electrons. The second-order valence-electron chi connectivity index (χ2n) is 11.0. The molecule has 2 unspecified atom stereocenters. The lowest BCUT2D eigenvalue weighted by Crippen LogP contribution is -2.55. The number of nitrogens with zero attached hydrogens (tertiary/aromatic N) is 4. The van der Waals surface area contributed by atoms with E-state index in [4.69, 9.17) is 23.2 Å². The number of carbonyl (C=O) groups is 1. The Bertz CT molecular complexity index is 1390. The zero-order valence-electron chi connectivity index (χ0n) is 22.7. The predicted molar refractivity (Wildman–Crippen MR) is 164 cm³/mol. The molecule has 6 nitrogen and oxygen atoms in total. The molecular formula is C31H33Cl2FN4O2S. The number of halogens is 3. The summed E-state index contributed by atoms with van der Waals surface area (Å²) in [5.41, 5.74) is 2.46. The first-order valence-corrected chi connectivity index (χ1v) is 15.6. The Kier molecular flexibility index (Phi) is 8.65. The van der Waals surface area contributed by atoms with Gasteiger partial charge in [0.25, 0.3) is 5.91 Å². The lowest BCUT2D eigenvalue weighted by molar-refractivity contribution is 0.0718. The molecule has 3 aromatic rings. The van der Waals surface area contributed by atoms with Gasteiger partial charge in [0.15, 0.2) is 0 Å². The van der Waals surface area contributed by atoms with E-state index in [0.29, 0.717) is 18.7 Å². The maximum Gasteiger partial charge on any atom is 0.255 e. The number of hydrogen-bond acceptors (Lipinski definition) is 6. The first-order valence-electron chi connectivity index (χ1n) is 14.1. The van der Waals surface area contributed by atoms with Gasteiger partial charge in [-0.25, -0.2) is 8.70 Å². The smallest absolute Gasteiger partial charge is 0.255 e. The number of phenols is 1. The Morgan fingerprint density at radius 1 is 0.927 bits per heavy atom. The number of phenolic OH excluding ortho intramolecular Hbond substituents is 1. The topological polar surface area (TPSA) is 50.3 Å². The van der Waals surface area contributed by atoms with E-state index in [0.717, 1.165) is 67.6 Å². The summed E-state index contributed by atoms with van der Waals surface area (Å²) in [6, 6.07) is 18.1. The van der Waals surface area contributed by atoms with E-state index in [1.54, 1.807) is 18.0 Å². The van der Waals surface area contributed by atoms with E-state index >= 15 is 0 Å². The largest absolute Gasteiger partial charge is 0.506 e. The molecule has 2 atom stereocenters. The van der Waals surface area contributed by atoms with Crippen LogP contribution in [-0.2, 0) is 6.42 Å². The van der Waals surface area contributed by atoms with Crippen molar-refractivity contribution in [2.75, 3.05) is 50.7 Å². The summed E-state index contributed by atoms with van der Waals surface area (Å²) >= 11 is 13.9. The van der Waals surface area contributed by atoms with Crippen LogP contribution < -0.4 is 4.90 Å². The number of rotatable bonds is 7. The normalized spacial score (nSPS) is 21.4. The van der Waals surface area contributed by atoms with E-state index in [1.165, 1.54) is 23.8 Å². The molecule has 10 heteroatoms. The van der Waals surface area contributed by atoms with Crippen molar-refractivity contribution in [1.82, 2.24) is 14.1 Å². The van der Waals surface area contributed by atoms with Gasteiger partial charge in [-0.1, -0.05) is 35.3 Å². The van der Waals surface area contributed by atoms with Crippen LogP contribution in [0.15, 0.2) is 65.6 Å². The molecule has 6 rings (SSSR count). The van der Waals surface area contributed by atoms with Crippen LogP contribution in [0.5, 0.6) is 5.75 Å². The highest BCUT2D eigenvalue weighted by Crippen LogP contribution is 2.42. The van der Waals surface area contributed by atoms with Crippen LogP contribution in [0, 0.1) is 5.82 Å². The fourth-order valence-corrected chi connectivity index (χ4v) is 7.51. The minimum atomic E-state index is -0.458. The number of amides is 1. The minimum absolute atomic E-state index is 0.104. The van der Waals surface area contributed by atoms with Crippen molar-refractivity contribution in [2.45, 2.75) is 36.2 Å². The van der Waals surface area contributed by atoms with Gasteiger partial charge < -0.3 is 19.8 Å². The Hall–Kier alpha value is -2.49. The van der Waals surface area contributed by atoms with E-state index in [-0.39, 0.29) is 28.8 Å². The molecule has 1 amide bonds. The standard InChI is InChI=1S/C31H33Cl2FN4O2S/c32-22-3-1-21(2-4-22)11-12-35-13-15-37(16-14-35)41-26-8-10-30(39)29(18-26)38-24-6-7-25(38)20-36(19-24)31(40)27-9-5-23(34)17-28(27)33/h1-5,8-10,17-18,24-25,39H,6-7,11-16,19-20H2. The van der Waals surface area contributed by atoms with E-state index in [1.807, 2.05) is 23.1 Å². The van der Waals surface area contributed by atoms with Gasteiger partial charge in [-0.05, 0) is 85.3 Å². The third kappa shape index (κ3) is 6.47. The maximum absolute atomic E-state index is 13.5. The Balaban J connectivity index is 1.06. The monoisotopic (exact) mass is 614 g/mol. The van der Waals surface area contributed by atoms with Crippen LogP contribution in [0.25, 0.3) is 0 Å². The van der Waals surface area contributed by atoms with Gasteiger partial charge in [-0.15, -0.1) is 0 Å². The van der Waals surface area contributed by atoms with Crippen molar-refractivity contribution in [3.8, 4) is 5.75 Å². The second-order valence-corrected chi connectivity index (χ2v) is 13.0. The fourth-order valence-electron chi connectivity index (χ4n) is 6.19. The molecule has 0 aliphatic carbocycles. The van der Waals surface area contributed by atoms with Crippen LogP contribution in [0.2, 0.25) is 10.0 Å². The molecule has 3 aliphatic rings. The predicted octanol–water partition coefficient (Wildman–Crippen LogP) is 6.20. The van der Waals surface area contributed by atoms with Gasteiger partial charge in [0.1, 0.15) is 11.6 Å². The van der Waals surface area contributed by atoms with Crippen LogP contribution >= 0.6 is 35.1 Å². The molecule has 3 heterocycles. The molecule has 3 aromatic carbocycles. The summed E-state index contributed by atoms with van der Waals surface area (Å²) in [5, 5.41) is 11.8. The molecule has 3 fully saturated rings. The molecule has 216 valence electrons. The average molecular weight is 616 g/mol. The minimum Gasteiger partial charge on any atom is -0.506 e. The van der Waals surface area contributed by atoms with Crippen molar-refractivity contribution in [1.29, 1.82) is 0 Å². The first kappa shape index (κ1) is 28.6. The fraction of sp³-hybridized carbons (Fsp3) is 0.387. The van der Waals surface area contributed by atoms with Gasteiger partial charge >= 0.3 is 0 Å². The summed E-state index contributed by atoms with van der Waals surface area (Å²) < 4.78 is 15.9. The quantitative estimate of drug-likeness (QED) is 0.320. The van der Waals surface area contributed by atoms with Crippen molar-refractivity contribution in [3.63, 3.8) is 0 Å². The van der Waals surface area contributed by atoms with Crippen LogP contribution in [0.1, 0.15) is 28.8 Å². The molecule has 1 N–H and O–H groups in total. The van der Waals surface area contributed by atoms with Crippen molar-refractivity contribution >= 4 is 46.7 Å². The number of piperazine rings is 2. The summed E-state index contributed by atoms with van der Waals surface area (Å²) in [6.45, 7) is 6.09. The summed E-state index contributed by atoms with van der Waals surface area (Å²) in [4.78, 5) is 20.9. The van der Waals surface area contributed by atoms with Gasteiger partial charge in [-0.2, -0.15) is 0 Å². The first-order chi connectivity index (χ1) is 19.8. The number of hydrogen-bond donors (Lipinski definition) is 1. The third-order valence-corrected chi connectivity index (χ3v) is 10.0. The molecule has 41 heavy (non-hydrogen) atoms. The third-order valence-electron chi connectivity index (χ3n) is 8.35. The van der Waals surface area contributed by atoms with Gasteiger partial charge in [-0.3, -0.25) is 4.79 Å². The Morgan fingerprint density at radius 3 is 2.32 bits per heavy atom. The Labute approximate surface area is 254 Å². The molecule has 0 aromatic heterocycles. The van der Waals surface area contributed by atoms with Gasteiger partial charge in [0.2, 0.25) is 0 Å². The maximum atomic E-state index is 13.5. The highest BCUT2D eigenvalue weighted by Gasteiger charge is 2.42. The van der Waals surface area contributed by atoms with Crippen LogP contribution in [0.4, 0.5) is 10.1 Å². The highest BCUT2D eigenvalue weighted by molar-refractivity contribution is 7.97. The zero-order chi connectivity index (χ0) is 28.5. The summed E-state index contributed by atoms with van der Waals surface area (Å²) in [7, 11) is 0. The van der Waals surface area contributed by atoms with Gasteiger partial charge in [0.05, 0.1) is 16.3 Å². The van der Waals surface area contributed by atoms with Crippen LogP contribution in [-0.4, -0.2) is 83.0 Å². The molecular weight excluding hydrogens is 582 g/mol. The number of carbonyl (C=O) groups excluding carboxylic acids is 1. The number of benzene rings is 3. The highest BCUT2D eigenvalue weighted by atomic mass is 35.5. The second kappa shape index (κ2) is 12.4. The van der Waals surface area contributed by atoms with E-state index in [9.17, 15) is 14.3 Å². The zero-order valence-corrected chi connectivity index (χ0v) is 25.0. The lowest BCUT2D eigenvalue weighted by Gasteiger charge is -2.43. The number of fused-ring (bicyclic) bond motifs is 2. The molecule has 3 aliphatic heterocycles. The van der Waals surface area contributed by atoms with Crippen molar-refractivity contribution < 1.29 is 14.3 Å². The van der Waals surface area contributed by atoms with Crippen molar-refractivity contribution in [3.05, 3.63) is 87.7 Å². The number of likely N-dealkylation sites (tertiary alicyclic amines) is 1. The SMILES string of the molecule is O=C(c1ccc(F)cc1Cl)N1CC2CCC(C1)N2c1cc(SN2CCN(CCc3ccc(Cl)cc3)CC2)ccc1O. The molecule has 0 spiro atoms. The average Bonchev–Trinajstić information content (AvgIpc) is 3.22. The molecule has 2 bridgehead atoms. The number of anilines is 1. The summed E-state index contributed by atoms with van der Waals surface area (Å²) in [5.74, 6) is -0.368. The van der Waals surface area contributed by atoms with E-state index in [2.05, 4.69) is 32.3 Å². The lowest BCUT2D eigenvalue weighted by atomic mass is 10.1.